The molecule has 4 rings (SSSR count). The van der Waals surface area contributed by atoms with Gasteiger partial charge in [-0.2, -0.15) is 0 Å². The molecule has 0 saturated heterocycles. The lowest BCUT2D eigenvalue weighted by atomic mass is 10.1. The Morgan fingerprint density at radius 2 is 1.63 bits per heavy atom. The Hall–Kier alpha value is -3.32. The van der Waals surface area contributed by atoms with Crippen LogP contribution in [0.4, 0.5) is 17.1 Å². The van der Waals surface area contributed by atoms with Crippen molar-refractivity contribution in [3.63, 3.8) is 0 Å². The number of nitro benzene ring substituents is 1. The number of nitrogens with zero attached hydrogens (tertiary/aromatic N) is 2. The summed E-state index contributed by atoms with van der Waals surface area (Å²) in [5.74, 6) is -0.416. The van der Waals surface area contributed by atoms with Gasteiger partial charge in [0.25, 0.3) is 11.6 Å². The predicted molar refractivity (Wildman–Crippen MR) is 119 cm³/mol. The van der Waals surface area contributed by atoms with Gasteiger partial charge in [-0.25, -0.2) is 0 Å². The van der Waals surface area contributed by atoms with Gasteiger partial charge in [0.1, 0.15) is 5.56 Å². The Balaban J connectivity index is 1.44. The molecule has 3 aromatic rings. The fourth-order valence-electron chi connectivity index (χ4n) is 3.64. The number of nitro groups is 1. The zero-order chi connectivity index (χ0) is 21.1. The molecule has 0 aliphatic carbocycles. The van der Waals surface area contributed by atoms with Crippen LogP contribution in [0.3, 0.4) is 0 Å². The lowest BCUT2D eigenvalue weighted by Crippen LogP contribution is -2.29. The van der Waals surface area contributed by atoms with E-state index in [9.17, 15) is 14.9 Å². The summed E-state index contributed by atoms with van der Waals surface area (Å²) in [4.78, 5) is 28.1. The van der Waals surface area contributed by atoms with Crippen LogP contribution in [-0.4, -0.2) is 23.9 Å². The molecule has 6 nitrogen and oxygen atoms in total. The molecule has 0 spiro atoms. The van der Waals surface area contributed by atoms with Crippen molar-refractivity contribution >= 4 is 34.7 Å². The van der Waals surface area contributed by atoms with Crippen molar-refractivity contribution in [2.45, 2.75) is 23.1 Å². The first kappa shape index (κ1) is 20.0. The zero-order valence-electron chi connectivity index (χ0n) is 16.5. The zero-order valence-corrected chi connectivity index (χ0v) is 17.3. The summed E-state index contributed by atoms with van der Waals surface area (Å²) in [6.07, 6.45) is 0.707. The van der Waals surface area contributed by atoms with E-state index in [4.69, 9.17) is 0 Å². The Kier molecular flexibility index (Phi) is 5.72. The monoisotopic (exact) mass is 419 g/mol. The van der Waals surface area contributed by atoms with Crippen LogP contribution in [0.1, 0.15) is 22.3 Å². The number of hydrogen-bond acceptors (Lipinski definition) is 5. The van der Waals surface area contributed by atoms with Gasteiger partial charge in [0.2, 0.25) is 0 Å². The van der Waals surface area contributed by atoms with Crippen LogP contribution in [0.15, 0.2) is 76.5 Å². The van der Waals surface area contributed by atoms with Crippen LogP contribution in [0, 0.1) is 17.0 Å². The number of rotatable bonds is 6. The Morgan fingerprint density at radius 3 is 2.27 bits per heavy atom. The van der Waals surface area contributed by atoms with Gasteiger partial charge in [-0.05, 0) is 43.7 Å². The normalized spacial score (nSPS) is 12.1. The fourth-order valence-corrected chi connectivity index (χ4v) is 4.74. The van der Waals surface area contributed by atoms with Crippen LogP contribution in [0.2, 0.25) is 0 Å². The number of carbonyl (C=O) groups excluding carboxylic acids is 1. The standard InChI is InChI=1S/C23H21N3O3S/c1-16-8-6-9-17(22(16)26(28)29)23(27)24-14-7-15-25-18-10-2-4-12-20(18)30-21-13-5-3-11-19(21)25/h2-6,8-13H,7,14-15H2,1H3,(H,24,27). The van der Waals surface area contributed by atoms with E-state index in [2.05, 4.69) is 34.5 Å². The molecule has 1 N–H and O–H groups in total. The second-order valence-electron chi connectivity index (χ2n) is 7.03. The molecular weight excluding hydrogens is 398 g/mol. The summed E-state index contributed by atoms with van der Waals surface area (Å²) in [6, 6.07) is 21.4. The number of benzene rings is 3. The highest BCUT2D eigenvalue weighted by Crippen LogP contribution is 2.47. The first-order valence-corrected chi connectivity index (χ1v) is 10.5. The van der Waals surface area contributed by atoms with E-state index in [-0.39, 0.29) is 11.3 Å². The molecule has 0 atom stereocenters. The van der Waals surface area contributed by atoms with Gasteiger partial charge in [-0.15, -0.1) is 0 Å². The van der Waals surface area contributed by atoms with E-state index in [1.165, 1.54) is 15.9 Å². The highest BCUT2D eigenvalue weighted by Gasteiger charge is 2.24. The third kappa shape index (κ3) is 3.89. The quantitative estimate of drug-likeness (QED) is 0.332. The first-order chi connectivity index (χ1) is 14.6. The van der Waals surface area contributed by atoms with Gasteiger partial charge in [0.05, 0.1) is 16.3 Å². The van der Waals surface area contributed by atoms with Gasteiger partial charge in [-0.1, -0.05) is 48.2 Å². The Morgan fingerprint density at radius 1 is 1.00 bits per heavy atom. The molecule has 1 aliphatic heterocycles. The van der Waals surface area contributed by atoms with Crippen LogP contribution in [0.5, 0.6) is 0 Å². The molecule has 0 saturated carbocycles. The molecule has 1 heterocycles. The number of para-hydroxylation sites is 3. The van der Waals surface area contributed by atoms with E-state index in [0.717, 1.165) is 17.9 Å². The molecule has 1 aliphatic rings. The summed E-state index contributed by atoms with van der Waals surface area (Å²) in [5.41, 5.74) is 2.76. The van der Waals surface area contributed by atoms with Gasteiger partial charge < -0.3 is 10.2 Å². The molecule has 0 fully saturated rings. The summed E-state index contributed by atoms with van der Waals surface area (Å²) in [6.45, 7) is 2.79. The molecule has 0 bridgehead atoms. The van der Waals surface area contributed by atoms with Crippen LogP contribution < -0.4 is 10.2 Å². The first-order valence-electron chi connectivity index (χ1n) is 9.72. The summed E-state index contributed by atoms with van der Waals surface area (Å²) < 4.78 is 0. The summed E-state index contributed by atoms with van der Waals surface area (Å²) >= 11 is 1.76. The number of aryl methyl sites for hydroxylation is 1. The maximum atomic E-state index is 12.5. The minimum atomic E-state index is -0.497. The van der Waals surface area contributed by atoms with E-state index in [1.807, 2.05) is 24.3 Å². The highest BCUT2D eigenvalue weighted by atomic mass is 32.2. The third-order valence-electron chi connectivity index (χ3n) is 5.04. The predicted octanol–water partition coefficient (Wildman–Crippen LogP) is 5.33. The minimum Gasteiger partial charge on any atom is -0.352 e. The van der Waals surface area contributed by atoms with Crippen molar-refractivity contribution in [2.24, 2.45) is 0 Å². The van der Waals surface area contributed by atoms with Crippen LogP contribution in [-0.2, 0) is 0 Å². The van der Waals surface area contributed by atoms with Gasteiger partial charge in [0, 0.05) is 28.4 Å². The van der Waals surface area contributed by atoms with Crippen molar-refractivity contribution in [3.8, 4) is 0 Å². The number of amides is 1. The molecule has 0 radical (unpaired) electrons. The summed E-state index contributed by atoms with van der Waals surface area (Å²) in [7, 11) is 0. The van der Waals surface area contributed by atoms with Gasteiger partial charge in [-0.3, -0.25) is 14.9 Å². The van der Waals surface area contributed by atoms with E-state index in [1.54, 1.807) is 30.8 Å². The Bertz CT molecular complexity index is 1070. The number of carbonyl (C=O) groups is 1. The largest absolute Gasteiger partial charge is 0.352 e. The topological polar surface area (TPSA) is 75.5 Å². The van der Waals surface area contributed by atoms with Crippen molar-refractivity contribution in [1.29, 1.82) is 0 Å². The SMILES string of the molecule is Cc1cccc(C(=O)NCCCN2c3ccccc3Sc3ccccc32)c1[N+](=O)[O-]. The molecule has 0 unspecified atom stereocenters. The molecule has 1 amide bonds. The summed E-state index contributed by atoms with van der Waals surface area (Å²) in [5, 5.41) is 14.2. The number of nitrogens with one attached hydrogen (secondary N) is 1. The highest BCUT2D eigenvalue weighted by molar-refractivity contribution is 7.99. The minimum absolute atomic E-state index is 0.102. The molecule has 152 valence electrons. The second kappa shape index (κ2) is 8.59. The third-order valence-corrected chi connectivity index (χ3v) is 6.17. The lowest BCUT2D eigenvalue weighted by molar-refractivity contribution is -0.385. The second-order valence-corrected chi connectivity index (χ2v) is 8.11. The maximum Gasteiger partial charge on any atom is 0.285 e. The van der Waals surface area contributed by atoms with E-state index in [0.29, 0.717) is 18.5 Å². The van der Waals surface area contributed by atoms with Gasteiger partial charge in [0.15, 0.2) is 0 Å². The van der Waals surface area contributed by atoms with Crippen molar-refractivity contribution in [1.82, 2.24) is 5.32 Å². The average molecular weight is 420 g/mol. The maximum absolute atomic E-state index is 12.5. The smallest absolute Gasteiger partial charge is 0.285 e. The molecular formula is C23H21N3O3S. The molecule has 30 heavy (non-hydrogen) atoms. The molecule has 3 aromatic carbocycles. The average Bonchev–Trinajstić information content (AvgIpc) is 2.75. The van der Waals surface area contributed by atoms with Crippen molar-refractivity contribution in [2.75, 3.05) is 18.0 Å². The molecule has 0 aromatic heterocycles. The van der Waals surface area contributed by atoms with Crippen molar-refractivity contribution < 1.29 is 9.72 Å². The van der Waals surface area contributed by atoms with Crippen LogP contribution >= 0.6 is 11.8 Å². The number of anilines is 2. The fraction of sp³-hybridized carbons (Fsp3) is 0.174. The number of hydrogen-bond donors (Lipinski definition) is 1. The van der Waals surface area contributed by atoms with Crippen molar-refractivity contribution in [3.05, 3.63) is 88.0 Å². The number of fused-ring (bicyclic) bond motifs is 2. The van der Waals surface area contributed by atoms with E-state index < -0.39 is 10.8 Å². The van der Waals surface area contributed by atoms with Gasteiger partial charge >= 0.3 is 0 Å². The van der Waals surface area contributed by atoms with Crippen LogP contribution in [0.25, 0.3) is 0 Å². The molecule has 7 heteroatoms. The Labute approximate surface area is 179 Å². The van der Waals surface area contributed by atoms with E-state index >= 15 is 0 Å². The lowest BCUT2D eigenvalue weighted by Gasteiger charge is -2.32.